The van der Waals surface area contributed by atoms with Crippen LogP contribution in [-0.2, 0) is 21.5 Å². The van der Waals surface area contributed by atoms with E-state index >= 15 is 0 Å². The molecule has 3 amide bonds. The Kier molecular flexibility index (Phi) is 8.29. The van der Waals surface area contributed by atoms with Crippen LogP contribution in [0, 0.1) is 0 Å². The Labute approximate surface area is 232 Å². The Morgan fingerprint density at radius 3 is 2.39 bits per heavy atom. The highest BCUT2D eigenvalue weighted by molar-refractivity contribution is 6.31. The number of hydrogen-bond acceptors (Lipinski definition) is 4. The van der Waals surface area contributed by atoms with Gasteiger partial charge in [-0.1, -0.05) is 61.3 Å². The Balaban J connectivity index is 1.78. The topological polar surface area (TPSA) is 99.3 Å². The van der Waals surface area contributed by atoms with Gasteiger partial charge in [-0.15, -0.1) is 0 Å². The maximum atomic E-state index is 13.7. The number of amides is 3. The summed E-state index contributed by atoms with van der Waals surface area (Å²) in [6.07, 6.45) is 0.281. The lowest BCUT2D eigenvalue weighted by Crippen LogP contribution is -2.45. The van der Waals surface area contributed by atoms with Crippen LogP contribution in [0.4, 0.5) is 11.4 Å². The second kappa shape index (κ2) is 11.5. The maximum absolute atomic E-state index is 13.7. The zero-order valence-electron chi connectivity index (χ0n) is 21.5. The first-order valence-electron chi connectivity index (χ1n) is 12.4. The molecule has 1 unspecified atom stereocenters. The SMILES string of the molecule is CC(=O)NCCNC(=O)c1ccc(C(C)C)cc1NC1(Cc2cccc(Cl)c2)C(=O)Nc2cc(Cl)ccc21. The minimum Gasteiger partial charge on any atom is -0.367 e. The second-order valence-electron chi connectivity index (χ2n) is 9.68. The van der Waals surface area contributed by atoms with E-state index in [9.17, 15) is 14.4 Å². The third-order valence-electron chi connectivity index (χ3n) is 6.52. The van der Waals surface area contributed by atoms with Gasteiger partial charge < -0.3 is 21.3 Å². The van der Waals surface area contributed by atoms with E-state index in [1.165, 1.54) is 6.92 Å². The molecular weight excluding hydrogens is 523 g/mol. The summed E-state index contributed by atoms with van der Waals surface area (Å²) in [5.74, 6) is -0.556. The van der Waals surface area contributed by atoms with Gasteiger partial charge in [-0.2, -0.15) is 0 Å². The molecule has 0 radical (unpaired) electrons. The average Bonchev–Trinajstić information content (AvgIpc) is 3.11. The van der Waals surface area contributed by atoms with Crippen LogP contribution in [-0.4, -0.2) is 30.8 Å². The van der Waals surface area contributed by atoms with Crippen LogP contribution < -0.4 is 21.3 Å². The summed E-state index contributed by atoms with van der Waals surface area (Å²) in [7, 11) is 0. The van der Waals surface area contributed by atoms with Gasteiger partial charge in [0.05, 0.1) is 5.56 Å². The first-order valence-corrected chi connectivity index (χ1v) is 13.2. The summed E-state index contributed by atoms with van der Waals surface area (Å²) < 4.78 is 0. The van der Waals surface area contributed by atoms with E-state index in [1.807, 2.05) is 36.4 Å². The Hall–Kier alpha value is -3.55. The molecule has 4 N–H and O–H groups in total. The van der Waals surface area contributed by atoms with E-state index < -0.39 is 5.54 Å². The minimum absolute atomic E-state index is 0.170. The van der Waals surface area contributed by atoms with E-state index in [0.717, 1.165) is 16.7 Å². The molecule has 0 aliphatic carbocycles. The molecular formula is C29H30Cl2N4O3. The minimum atomic E-state index is -1.23. The second-order valence-corrected chi connectivity index (χ2v) is 10.6. The van der Waals surface area contributed by atoms with Gasteiger partial charge in [-0.05, 0) is 53.4 Å². The highest BCUT2D eigenvalue weighted by Crippen LogP contribution is 2.43. The number of benzene rings is 3. The van der Waals surface area contributed by atoms with Crippen molar-refractivity contribution in [2.75, 3.05) is 23.7 Å². The molecule has 9 heteroatoms. The number of carbonyl (C=O) groups is 3. The largest absolute Gasteiger partial charge is 0.367 e. The number of fused-ring (bicyclic) bond motifs is 1. The van der Waals surface area contributed by atoms with Gasteiger partial charge in [0.1, 0.15) is 5.54 Å². The number of hydrogen-bond donors (Lipinski definition) is 4. The molecule has 3 aromatic rings. The van der Waals surface area contributed by atoms with Crippen LogP contribution in [0.2, 0.25) is 10.0 Å². The fourth-order valence-electron chi connectivity index (χ4n) is 4.60. The van der Waals surface area contributed by atoms with Crippen LogP contribution in [0.3, 0.4) is 0 Å². The lowest BCUT2D eigenvalue weighted by atomic mass is 9.84. The van der Waals surface area contributed by atoms with Gasteiger partial charge in [-0.25, -0.2) is 0 Å². The van der Waals surface area contributed by atoms with Crippen LogP contribution in [0.15, 0.2) is 60.7 Å². The number of halogens is 2. The number of anilines is 2. The third kappa shape index (κ3) is 5.95. The maximum Gasteiger partial charge on any atom is 0.255 e. The highest BCUT2D eigenvalue weighted by atomic mass is 35.5. The van der Waals surface area contributed by atoms with Gasteiger partial charge in [0.15, 0.2) is 0 Å². The quantitative estimate of drug-likeness (QED) is 0.264. The molecule has 3 aromatic carbocycles. The van der Waals surface area contributed by atoms with Crippen molar-refractivity contribution in [3.05, 3.63) is 93.0 Å². The monoisotopic (exact) mass is 552 g/mol. The summed E-state index contributed by atoms with van der Waals surface area (Å²) in [5.41, 5.74) is 2.87. The molecule has 0 spiro atoms. The first kappa shape index (κ1) is 27.5. The molecule has 1 aliphatic rings. The predicted octanol–water partition coefficient (Wildman–Crippen LogP) is 5.48. The van der Waals surface area contributed by atoms with E-state index in [1.54, 1.807) is 24.3 Å². The number of nitrogens with one attached hydrogen (secondary N) is 4. The van der Waals surface area contributed by atoms with Crippen molar-refractivity contribution in [2.45, 2.75) is 38.6 Å². The van der Waals surface area contributed by atoms with Crippen LogP contribution in [0.5, 0.6) is 0 Å². The fourth-order valence-corrected chi connectivity index (χ4v) is 4.99. The van der Waals surface area contributed by atoms with Gasteiger partial charge in [0, 0.05) is 53.4 Å². The van der Waals surface area contributed by atoms with Crippen LogP contribution in [0.1, 0.15) is 53.7 Å². The van der Waals surface area contributed by atoms with Crippen molar-refractivity contribution in [2.24, 2.45) is 0 Å². The van der Waals surface area contributed by atoms with Crippen molar-refractivity contribution in [1.82, 2.24) is 10.6 Å². The van der Waals surface area contributed by atoms with Crippen LogP contribution >= 0.6 is 23.2 Å². The highest BCUT2D eigenvalue weighted by Gasteiger charge is 2.47. The van der Waals surface area contributed by atoms with E-state index in [-0.39, 0.29) is 36.6 Å². The van der Waals surface area contributed by atoms with E-state index in [0.29, 0.717) is 33.5 Å². The molecule has 198 valence electrons. The van der Waals surface area contributed by atoms with Crippen molar-refractivity contribution in [1.29, 1.82) is 0 Å². The standard InChI is InChI=1S/C29H30Cl2N4O3/c1-17(2)20-7-9-23(27(37)33-12-11-32-18(3)36)25(14-20)35-29(16-19-5-4-6-21(30)13-19)24-10-8-22(31)15-26(24)34-28(29)38/h4-10,13-15,17,35H,11-12,16H2,1-3H3,(H,32,36)(H,33,37)(H,34,38). The molecule has 0 bridgehead atoms. The van der Waals surface area contributed by atoms with Crippen molar-refractivity contribution < 1.29 is 14.4 Å². The third-order valence-corrected chi connectivity index (χ3v) is 6.99. The Morgan fingerprint density at radius 2 is 1.68 bits per heavy atom. The first-order chi connectivity index (χ1) is 18.1. The molecule has 7 nitrogen and oxygen atoms in total. The fraction of sp³-hybridized carbons (Fsp3) is 0.276. The molecule has 4 rings (SSSR count). The molecule has 38 heavy (non-hydrogen) atoms. The molecule has 0 fully saturated rings. The molecule has 1 aliphatic heterocycles. The molecule has 1 atom stereocenters. The summed E-state index contributed by atoms with van der Waals surface area (Å²) in [6.45, 7) is 6.12. The Bertz CT molecular complexity index is 1390. The number of rotatable bonds is 9. The molecule has 0 saturated heterocycles. The van der Waals surface area contributed by atoms with Gasteiger partial charge >= 0.3 is 0 Å². The lowest BCUT2D eigenvalue weighted by molar-refractivity contribution is -0.120. The Morgan fingerprint density at radius 1 is 0.947 bits per heavy atom. The zero-order valence-corrected chi connectivity index (χ0v) is 23.0. The summed E-state index contributed by atoms with van der Waals surface area (Å²) in [6, 6.07) is 18.2. The average molecular weight is 553 g/mol. The van der Waals surface area contributed by atoms with Crippen molar-refractivity contribution in [3.8, 4) is 0 Å². The summed E-state index contributed by atoms with van der Waals surface area (Å²) in [5, 5.41) is 13.0. The van der Waals surface area contributed by atoms with Crippen LogP contribution in [0.25, 0.3) is 0 Å². The van der Waals surface area contributed by atoms with Gasteiger partial charge in [-0.3, -0.25) is 14.4 Å². The smallest absolute Gasteiger partial charge is 0.255 e. The molecule has 0 aromatic heterocycles. The lowest BCUT2D eigenvalue weighted by Gasteiger charge is -2.31. The van der Waals surface area contributed by atoms with Crippen molar-refractivity contribution in [3.63, 3.8) is 0 Å². The van der Waals surface area contributed by atoms with E-state index in [4.69, 9.17) is 23.2 Å². The molecule has 1 heterocycles. The number of carbonyl (C=O) groups excluding carboxylic acids is 3. The van der Waals surface area contributed by atoms with Gasteiger partial charge in [0.25, 0.3) is 11.8 Å². The van der Waals surface area contributed by atoms with Crippen molar-refractivity contribution >= 4 is 52.3 Å². The van der Waals surface area contributed by atoms with E-state index in [2.05, 4.69) is 35.1 Å². The summed E-state index contributed by atoms with van der Waals surface area (Å²) >= 11 is 12.5. The zero-order chi connectivity index (χ0) is 27.4. The van der Waals surface area contributed by atoms with Gasteiger partial charge in [0.2, 0.25) is 5.91 Å². The normalized spacial score (nSPS) is 16.1. The summed E-state index contributed by atoms with van der Waals surface area (Å²) in [4.78, 5) is 38.2. The molecule has 0 saturated carbocycles. The predicted molar refractivity (Wildman–Crippen MR) is 152 cm³/mol.